The summed E-state index contributed by atoms with van der Waals surface area (Å²) in [6.07, 6.45) is -1.06. The lowest BCUT2D eigenvalue weighted by Crippen LogP contribution is -2.28. The van der Waals surface area contributed by atoms with E-state index in [2.05, 4.69) is 0 Å². The number of carboxylic acid groups (broad SMARTS) is 1. The van der Waals surface area contributed by atoms with Gasteiger partial charge in [-0.15, -0.1) is 0 Å². The fourth-order valence-corrected chi connectivity index (χ4v) is 1.92. The lowest BCUT2D eigenvalue weighted by atomic mass is 9.94. The molecule has 18 heavy (non-hydrogen) atoms. The first kappa shape index (κ1) is 12.3. The molecular weight excluding hydrogens is 255 g/mol. The van der Waals surface area contributed by atoms with Crippen molar-refractivity contribution in [2.24, 2.45) is 0 Å². The van der Waals surface area contributed by atoms with Crippen LogP contribution in [0.4, 0.5) is 18.9 Å². The highest BCUT2D eigenvalue weighted by Gasteiger charge is 2.78. The molecule has 1 aromatic rings. The van der Waals surface area contributed by atoms with Gasteiger partial charge in [0.1, 0.15) is 0 Å². The zero-order chi connectivity index (χ0) is 13.7. The molecule has 0 amide bonds. The van der Waals surface area contributed by atoms with Crippen LogP contribution >= 0.6 is 0 Å². The van der Waals surface area contributed by atoms with E-state index in [9.17, 15) is 28.1 Å². The van der Waals surface area contributed by atoms with Gasteiger partial charge in [0.15, 0.2) is 5.41 Å². The number of nitro benzene ring substituents is 1. The standard InChI is InChI=1S/C10H6F3NO4/c11-7-5(2-1-3-6(7)14(17)18)9(8(15)16)4-10(9,12)13/h1-3H,4H2,(H,15,16). The van der Waals surface area contributed by atoms with Crippen LogP contribution in [0.1, 0.15) is 12.0 Å². The van der Waals surface area contributed by atoms with Crippen LogP contribution in [0, 0.1) is 15.9 Å². The Morgan fingerprint density at radius 2 is 2.00 bits per heavy atom. The third-order valence-corrected chi connectivity index (χ3v) is 2.99. The van der Waals surface area contributed by atoms with Crippen molar-refractivity contribution in [3.05, 3.63) is 39.7 Å². The zero-order valence-electron chi connectivity index (χ0n) is 8.69. The summed E-state index contributed by atoms with van der Waals surface area (Å²) < 4.78 is 40.1. The minimum absolute atomic E-state index is 0.787. The molecule has 1 unspecified atom stereocenters. The molecule has 1 N–H and O–H groups in total. The molecule has 0 radical (unpaired) electrons. The maximum atomic E-state index is 13.7. The van der Waals surface area contributed by atoms with Crippen LogP contribution in [0.3, 0.4) is 0 Å². The summed E-state index contributed by atoms with van der Waals surface area (Å²) in [6.45, 7) is 0. The van der Waals surface area contributed by atoms with Crippen molar-refractivity contribution in [1.82, 2.24) is 0 Å². The normalized spacial score (nSPS) is 24.6. The number of carbonyl (C=O) groups is 1. The highest BCUT2D eigenvalue weighted by Crippen LogP contribution is 2.62. The number of benzene rings is 1. The van der Waals surface area contributed by atoms with Gasteiger partial charge in [-0.05, 0) is 0 Å². The van der Waals surface area contributed by atoms with Gasteiger partial charge < -0.3 is 5.11 Å². The Morgan fingerprint density at radius 3 is 2.39 bits per heavy atom. The fraction of sp³-hybridized carbons (Fsp3) is 0.300. The molecule has 0 aromatic heterocycles. The summed E-state index contributed by atoms with van der Waals surface area (Å²) in [5.74, 6) is -7.02. The maximum absolute atomic E-state index is 13.7. The van der Waals surface area contributed by atoms with Crippen LogP contribution in [0.2, 0.25) is 0 Å². The Bertz CT molecular complexity index is 560. The predicted molar refractivity (Wildman–Crippen MR) is 51.9 cm³/mol. The molecule has 5 nitrogen and oxygen atoms in total. The molecule has 0 aliphatic heterocycles. The van der Waals surface area contributed by atoms with Crippen molar-refractivity contribution >= 4 is 11.7 Å². The SMILES string of the molecule is O=C(O)C1(c2cccc([N+](=O)[O-])c2F)CC1(F)F. The van der Waals surface area contributed by atoms with Crippen LogP contribution in [0.25, 0.3) is 0 Å². The Balaban J connectivity index is 2.63. The van der Waals surface area contributed by atoms with Crippen molar-refractivity contribution < 1.29 is 28.0 Å². The lowest BCUT2D eigenvalue weighted by molar-refractivity contribution is -0.387. The number of nitrogens with zero attached hydrogens (tertiary/aromatic N) is 1. The molecular formula is C10H6F3NO4. The minimum Gasteiger partial charge on any atom is -0.480 e. The molecule has 96 valence electrons. The minimum atomic E-state index is -3.60. The average molecular weight is 261 g/mol. The van der Waals surface area contributed by atoms with Gasteiger partial charge in [-0.3, -0.25) is 14.9 Å². The largest absolute Gasteiger partial charge is 0.480 e. The second-order valence-electron chi connectivity index (χ2n) is 3.99. The molecule has 0 saturated heterocycles. The summed E-state index contributed by atoms with van der Waals surface area (Å²) in [6, 6.07) is 2.60. The third kappa shape index (κ3) is 1.38. The zero-order valence-corrected chi connectivity index (χ0v) is 8.69. The summed E-state index contributed by atoms with van der Waals surface area (Å²) in [5, 5.41) is 19.3. The number of hydrogen-bond donors (Lipinski definition) is 1. The Kier molecular flexibility index (Phi) is 2.36. The second-order valence-corrected chi connectivity index (χ2v) is 3.99. The van der Waals surface area contributed by atoms with Gasteiger partial charge in [-0.2, -0.15) is 4.39 Å². The molecule has 8 heteroatoms. The predicted octanol–water partition coefficient (Wildman–Crippen LogP) is 2.10. The summed E-state index contributed by atoms with van der Waals surface area (Å²) in [5.41, 5.74) is -4.56. The van der Waals surface area contributed by atoms with Gasteiger partial charge in [0.2, 0.25) is 5.82 Å². The third-order valence-electron chi connectivity index (χ3n) is 2.99. The quantitative estimate of drug-likeness (QED) is 0.667. The van der Waals surface area contributed by atoms with Gasteiger partial charge >= 0.3 is 11.7 Å². The van der Waals surface area contributed by atoms with Gasteiger partial charge in [0, 0.05) is 18.1 Å². The summed E-state index contributed by atoms with van der Waals surface area (Å²) in [4.78, 5) is 20.3. The fourth-order valence-electron chi connectivity index (χ4n) is 1.92. The molecule has 1 aromatic carbocycles. The van der Waals surface area contributed by atoms with Crippen LogP contribution in [0.5, 0.6) is 0 Å². The maximum Gasteiger partial charge on any atom is 0.320 e. The van der Waals surface area contributed by atoms with Crippen LogP contribution in [-0.4, -0.2) is 21.9 Å². The Morgan fingerprint density at radius 1 is 1.44 bits per heavy atom. The first-order valence-corrected chi connectivity index (χ1v) is 4.78. The number of halogens is 3. The van der Waals surface area contributed by atoms with E-state index >= 15 is 0 Å². The number of alkyl halides is 2. The number of rotatable bonds is 3. The van der Waals surface area contributed by atoms with Crippen LogP contribution in [0.15, 0.2) is 18.2 Å². The first-order chi connectivity index (χ1) is 8.24. The van der Waals surface area contributed by atoms with Gasteiger partial charge in [0.05, 0.1) is 4.92 Å². The number of hydrogen-bond acceptors (Lipinski definition) is 3. The topological polar surface area (TPSA) is 80.4 Å². The van der Waals surface area contributed by atoms with E-state index in [-0.39, 0.29) is 0 Å². The highest BCUT2D eigenvalue weighted by molar-refractivity contribution is 5.88. The van der Waals surface area contributed by atoms with Crippen molar-refractivity contribution in [2.75, 3.05) is 0 Å². The van der Waals surface area contributed by atoms with Gasteiger partial charge in [-0.25, -0.2) is 8.78 Å². The van der Waals surface area contributed by atoms with E-state index in [1.54, 1.807) is 0 Å². The molecule has 0 bridgehead atoms. The molecule has 2 rings (SSSR count). The molecule has 0 spiro atoms. The molecule has 1 aliphatic rings. The summed E-state index contributed by atoms with van der Waals surface area (Å²) in [7, 11) is 0. The van der Waals surface area contributed by atoms with Crippen molar-refractivity contribution in [2.45, 2.75) is 17.8 Å². The van der Waals surface area contributed by atoms with Gasteiger partial charge in [-0.1, -0.05) is 12.1 Å². The van der Waals surface area contributed by atoms with Crippen molar-refractivity contribution in [3.63, 3.8) is 0 Å². The number of carboxylic acids is 1. The molecule has 1 atom stereocenters. The van der Waals surface area contributed by atoms with E-state index in [1.165, 1.54) is 0 Å². The van der Waals surface area contributed by atoms with Crippen molar-refractivity contribution in [3.8, 4) is 0 Å². The monoisotopic (exact) mass is 261 g/mol. The van der Waals surface area contributed by atoms with Crippen LogP contribution in [-0.2, 0) is 10.2 Å². The molecule has 1 aliphatic carbocycles. The van der Waals surface area contributed by atoms with Crippen LogP contribution < -0.4 is 0 Å². The van der Waals surface area contributed by atoms with E-state index < -0.39 is 45.7 Å². The lowest BCUT2D eigenvalue weighted by Gasteiger charge is -2.12. The van der Waals surface area contributed by atoms with E-state index in [0.717, 1.165) is 18.2 Å². The molecule has 1 saturated carbocycles. The smallest absolute Gasteiger partial charge is 0.320 e. The Labute approximate surface area is 98.0 Å². The first-order valence-electron chi connectivity index (χ1n) is 4.78. The number of nitro groups is 1. The van der Waals surface area contributed by atoms with E-state index in [1.807, 2.05) is 0 Å². The van der Waals surface area contributed by atoms with E-state index in [0.29, 0.717) is 0 Å². The van der Waals surface area contributed by atoms with Crippen molar-refractivity contribution in [1.29, 1.82) is 0 Å². The van der Waals surface area contributed by atoms with E-state index in [4.69, 9.17) is 5.11 Å². The summed E-state index contributed by atoms with van der Waals surface area (Å²) >= 11 is 0. The molecule has 1 fully saturated rings. The number of aliphatic carboxylic acids is 1. The Hall–Kier alpha value is -2.12. The highest BCUT2D eigenvalue weighted by atomic mass is 19.3. The van der Waals surface area contributed by atoms with Gasteiger partial charge in [0.25, 0.3) is 5.92 Å². The second kappa shape index (κ2) is 3.44. The average Bonchev–Trinajstić information content (AvgIpc) is 2.83. The molecule has 0 heterocycles.